The number of carbonyl (C=O) groups is 4. The molecule has 0 aromatic heterocycles. The summed E-state index contributed by atoms with van der Waals surface area (Å²) in [5, 5.41) is 10.7. The highest BCUT2D eigenvalue weighted by Crippen LogP contribution is 2.45. The topological polar surface area (TPSA) is 237 Å². The average molecular weight is 1520 g/mol. The van der Waals surface area contributed by atoms with Gasteiger partial charge in [-0.2, -0.15) is 0 Å². The molecule has 0 saturated carbocycles. The molecule has 0 aromatic rings. The third-order valence-corrected chi connectivity index (χ3v) is 22.1. The molecule has 6 atom stereocenters. The van der Waals surface area contributed by atoms with E-state index in [0.717, 1.165) is 114 Å². The Kier molecular flexibility index (Phi) is 72.5. The van der Waals surface area contributed by atoms with Gasteiger partial charge in [-0.05, 0) is 49.4 Å². The molecule has 0 bridgehead atoms. The number of carbonyl (C=O) groups excluding carboxylic acids is 4. The van der Waals surface area contributed by atoms with Crippen LogP contribution in [0.1, 0.15) is 441 Å². The highest BCUT2D eigenvalue weighted by Gasteiger charge is 2.30. The summed E-state index contributed by atoms with van der Waals surface area (Å²) in [5.74, 6) is 1.02. The van der Waals surface area contributed by atoms with Gasteiger partial charge in [0.15, 0.2) is 12.2 Å². The monoisotopic (exact) mass is 1520 g/mol. The van der Waals surface area contributed by atoms with E-state index in [1.807, 2.05) is 0 Å². The van der Waals surface area contributed by atoms with Crippen LogP contribution in [0, 0.1) is 23.7 Å². The van der Waals surface area contributed by atoms with Crippen molar-refractivity contribution in [3.63, 3.8) is 0 Å². The van der Waals surface area contributed by atoms with Gasteiger partial charge in [0, 0.05) is 25.7 Å². The molecule has 0 aromatic carbocycles. The lowest BCUT2D eigenvalue weighted by molar-refractivity contribution is -0.161. The van der Waals surface area contributed by atoms with Crippen LogP contribution in [0.4, 0.5) is 0 Å². The molecule has 0 radical (unpaired) electrons. The molecule has 0 fully saturated rings. The van der Waals surface area contributed by atoms with E-state index in [1.54, 1.807) is 0 Å². The lowest BCUT2D eigenvalue weighted by atomic mass is 9.99. The van der Waals surface area contributed by atoms with E-state index in [4.69, 9.17) is 37.0 Å². The number of rotatable bonds is 82. The Balaban J connectivity index is 5.18. The van der Waals surface area contributed by atoms with Gasteiger partial charge < -0.3 is 33.8 Å². The second kappa shape index (κ2) is 73.8. The molecule has 0 aliphatic heterocycles. The molecule has 3 N–H and O–H groups in total. The molecule has 19 heteroatoms. The van der Waals surface area contributed by atoms with Crippen LogP contribution in [0.3, 0.4) is 0 Å². The Morgan fingerprint density at radius 2 is 0.462 bits per heavy atom. The van der Waals surface area contributed by atoms with Crippen molar-refractivity contribution in [1.29, 1.82) is 0 Å². The van der Waals surface area contributed by atoms with E-state index in [2.05, 4.69) is 55.4 Å². The zero-order chi connectivity index (χ0) is 76.7. The van der Waals surface area contributed by atoms with E-state index in [1.165, 1.54) is 238 Å². The van der Waals surface area contributed by atoms with Gasteiger partial charge >= 0.3 is 39.5 Å². The van der Waals surface area contributed by atoms with Crippen LogP contribution in [0.15, 0.2) is 0 Å². The summed E-state index contributed by atoms with van der Waals surface area (Å²) < 4.78 is 68.8. The Labute approximate surface area is 638 Å². The van der Waals surface area contributed by atoms with Gasteiger partial charge in [0.25, 0.3) is 0 Å². The first kappa shape index (κ1) is 102. The molecule has 0 spiro atoms. The van der Waals surface area contributed by atoms with Crippen LogP contribution in [0.25, 0.3) is 0 Å². The first-order valence-electron chi connectivity index (χ1n) is 43.7. The van der Waals surface area contributed by atoms with Gasteiger partial charge in [-0.3, -0.25) is 37.3 Å². The fourth-order valence-electron chi connectivity index (χ4n) is 13.1. The SMILES string of the molecule is CCC(C)CCCCCCCCCCCCCCCCCCCCC(=O)O[C@H](COC(=O)CCCCCCCCC(C)C)COP(=O)(O)OC[C@H](O)COP(=O)(O)OC[C@@H](COC(=O)CCCCCCCCCCCCCCCCCC(C)C)OC(=O)CCCCCCCCCCCCCCC(C)C. The molecule has 618 valence electrons. The Morgan fingerprint density at radius 1 is 0.269 bits per heavy atom. The van der Waals surface area contributed by atoms with E-state index >= 15 is 0 Å². The van der Waals surface area contributed by atoms with Gasteiger partial charge in [-0.25, -0.2) is 9.13 Å². The maximum Gasteiger partial charge on any atom is 0.472 e. The van der Waals surface area contributed by atoms with Crippen molar-refractivity contribution < 1.29 is 80.2 Å². The number of phosphoric acid groups is 2. The molecular formula is C85H166O17P2. The van der Waals surface area contributed by atoms with Crippen LogP contribution < -0.4 is 0 Å². The molecule has 0 heterocycles. The first-order valence-corrected chi connectivity index (χ1v) is 46.7. The number of hydrogen-bond acceptors (Lipinski definition) is 15. The minimum atomic E-state index is -4.96. The molecule has 0 rings (SSSR count). The van der Waals surface area contributed by atoms with Crippen LogP contribution >= 0.6 is 15.6 Å². The molecule has 3 unspecified atom stereocenters. The smallest absolute Gasteiger partial charge is 0.462 e. The third kappa shape index (κ3) is 76.8. The van der Waals surface area contributed by atoms with E-state index < -0.39 is 97.5 Å². The number of aliphatic hydroxyl groups excluding tert-OH is 1. The van der Waals surface area contributed by atoms with Gasteiger partial charge in [0.05, 0.1) is 26.4 Å². The molecule has 0 amide bonds. The molecule has 0 aliphatic rings. The van der Waals surface area contributed by atoms with Gasteiger partial charge in [-0.1, -0.05) is 389 Å². The van der Waals surface area contributed by atoms with Crippen LogP contribution in [-0.4, -0.2) is 96.7 Å². The molecular weight excluding hydrogens is 1350 g/mol. The quantitative estimate of drug-likeness (QED) is 0.0222. The second-order valence-corrected chi connectivity index (χ2v) is 35.2. The molecule has 0 saturated heterocycles. The Hall–Kier alpha value is -1.94. The molecule has 0 aliphatic carbocycles. The predicted octanol–water partition coefficient (Wildman–Crippen LogP) is 25.6. The van der Waals surface area contributed by atoms with Gasteiger partial charge in [0.1, 0.15) is 19.3 Å². The number of aliphatic hydroxyl groups is 1. The fourth-order valence-corrected chi connectivity index (χ4v) is 14.7. The predicted molar refractivity (Wildman–Crippen MR) is 428 cm³/mol. The van der Waals surface area contributed by atoms with Crippen LogP contribution in [0.5, 0.6) is 0 Å². The standard InChI is InChI=1S/C85H166O17P2/c1-9-78(8)64-56-48-39-33-27-20-16-12-10-11-13-17-22-29-35-41-51-59-67-85(90)102-81(72-96-83(88)66-58-50-44-43-47-55-63-77(6)7)74-100-104(93,94)98-70-79(86)69-97-103(91,92)99-73-80(101-84(89)68-60-52-42-36-30-24-23-26-32-38-46-54-62-76(4)5)71-95-82(87)65-57-49-40-34-28-21-18-14-15-19-25-31-37-45-53-61-75(2)3/h75-81,86H,9-74H2,1-8H3,(H,91,92)(H,93,94)/t78?,79-,80-,81-/m1/s1. The fraction of sp³-hybridized carbons (Fsp3) is 0.953. The minimum absolute atomic E-state index is 0.107. The second-order valence-electron chi connectivity index (χ2n) is 32.2. The summed E-state index contributed by atoms with van der Waals surface area (Å²) in [6.45, 7) is 14.3. The Morgan fingerprint density at radius 3 is 0.683 bits per heavy atom. The van der Waals surface area contributed by atoms with Crippen molar-refractivity contribution in [2.24, 2.45) is 23.7 Å². The summed E-state index contributed by atoms with van der Waals surface area (Å²) in [6, 6.07) is 0. The lowest BCUT2D eigenvalue weighted by Gasteiger charge is -2.21. The van der Waals surface area contributed by atoms with E-state index in [-0.39, 0.29) is 25.7 Å². The molecule has 104 heavy (non-hydrogen) atoms. The van der Waals surface area contributed by atoms with Gasteiger partial charge in [0.2, 0.25) is 0 Å². The lowest BCUT2D eigenvalue weighted by Crippen LogP contribution is -2.30. The maximum atomic E-state index is 13.1. The highest BCUT2D eigenvalue weighted by molar-refractivity contribution is 7.47. The maximum absolute atomic E-state index is 13.1. The number of unbranched alkanes of at least 4 members (excludes halogenated alkanes) is 47. The minimum Gasteiger partial charge on any atom is -0.462 e. The van der Waals surface area contributed by atoms with Crippen LogP contribution in [-0.2, 0) is 65.4 Å². The van der Waals surface area contributed by atoms with Crippen molar-refractivity contribution in [3.8, 4) is 0 Å². The number of esters is 4. The number of ether oxygens (including phenoxy) is 4. The zero-order valence-electron chi connectivity index (χ0n) is 68.7. The summed E-state index contributed by atoms with van der Waals surface area (Å²) >= 11 is 0. The van der Waals surface area contributed by atoms with E-state index in [0.29, 0.717) is 31.6 Å². The van der Waals surface area contributed by atoms with Crippen molar-refractivity contribution >= 4 is 39.5 Å². The molecule has 17 nitrogen and oxygen atoms in total. The largest absolute Gasteiger partial charge is 0.472 e. The normalized spacial score (nSPS) is 14.2. The summed E-state index contributed by atoms with van der Waals surface area (Å²) in [5.41, 5.74) is 0. The van der Waals surface area contributed by atoms with Crippen molar-refractivity contribution in [3.05, 3.63) is 0 Å². The summed E-state index contributed by atoms with van der Waals surface area (Å²) in [4.78, 5) is 73.1. The average Bonchev–Trinajstić information content (AvgIpc) is 0.904. The van der Waals surface area contributed by atoms with Crippen molar-refractivity contribution in [1.82, 2.24) is 0 Å². The highest BCUT2D eigenvalue weighted by atomic mass is 31.2. The summed E-state index contributed by atoms with van der Waals surface area (Å²) in [7, 11) is -9.93. The summed E-state index contributed by atoms with van der Waals surface area (Å²) in [6.07, 6.45) is 62.6. The van der Waals surface area contributed by atoms with Crippen molar-refractivity contribution in [2.45, 2.75) is 459 Å². The van der Waals surface area contributed by atoms with E-state index in [9.17, 15) is 43.2 Å². The zero-order valence-corrected chi connectivity index (χ0v) is 70.5. The number of hydrogen-bond donors (Lipinski definition) is 3. The third-order valence-electron chi connectivity index (χ3n) is 20.2. The van der Waals surface area contributed by atoms with Crippen molar-refractivity contribution in [2.75, 3.05) is 39.6 Å². The Bertz CT molecular complexity index is 2030. The first-order chi connectivity index (χ1) is 50.1. The number of phosphoric ester groups is 2. The van der Waals surface area contributed by atoms with Gasteiger partial charge in [-0.15, -0.1) is 0 Å². The van der Waals surface area contributed by atoms with Crippen LogP contribution in [0.2, 0.25) is 0 Å².